The number of nitrogens with zero attached hydrogens (tertiary/aromatic N) is 4. The van der Waals surface area contributed by atoms with Crippen LogP contribution in [-0.4, -0.2) is 61.3 Å². The monoisotopic (exact) mass is 458 g/mol. The van der Waals surface area contributed by atoms with E-state index in [9.17, 15) is 0 Å². The highest BCUT2D eigenvalue weighted by Crippen LogP contribution is 2.45. The number of rotatable bonds is 6. The number of anilines is 1. The van der Waals surface area contributed by atoms with Crippen molar-refractivity contribution in [3.05, 3.63) is 54.9 Å². The average Bonchev–Trinajstić information content (AvgIpc) is 3.28. The Bertz CT molecular complexity index is 1280. The summed E-state index contributed by atoms with van der Waals surface area (Å²) in [5, 5.41) is 0.941. The van der Waals surface area contributed by atoms with Gasteiger partial charge in [0.2, 0.25) is 5.71 Å². The normalized spacial score (nSPS) is 14.7. The Labute approximate surface area is 199 Å². The summed E-state index contributed by atoms with van der Waals surface area (Å²) in [6, 6.07) is 16.7. The second kappa shape index (κ2) is 9.35. The molecule has 0 unspecified atom stereocenters. The van der Waals surface area contributed by atoms with Gasteiger partial charge in [0.1, 0.15) is 17.9 Å². The van der Waals surface area contributed by atoms with Crippen LogP contribution in [0.1, 0.15) is 13.8 Å². The lowest BCUT2D eigenvalue weighted by molar-refractivity contribution is 0.209. The van der Waals surface area contributed by atoms with Gasteiger partial charge in [-0.15, -0.1) is 0 Å². The topological polar surface area (TPSA) is 63.9 Å². The van der Waals surface area contributed by atoms with Gasteiger partial charge in [0.05, 0.1) is 19.6 Å². The zero-order valence-corrected chi connectivity index (χ0v) is 20.1. The Morgan fingerprint density at radius 2 is 1.59 bits per heavy atom. The van der Waals surface area contributed by atoms with Crippen molar-refractivity contribution in [2.75, 3.05) is 45.3 Å². The first kappa shape index (κ1) is 22.2. The number of ether oxygens (including phenoxy) is 2. The SMILES string of the molecule is COc1ccc(-c2oc3ncnc(N4CCN(C(C)C)CC4)c3c2-c2ccccc2)cc1OC. The van der Waals surface area contributed by atoms with Gasteiger partial charge >= 0.3 is 0 Å². The number of piperazine rings is 1. The van der Waals surface area contributed by atoms with E-state index in [1.807, 2.05) is 36.4 Å². The van der Waals surface area contributed by atoms with Crippen molar-refractivity contribution in [1.82, 2.24) is 14.9 Å². The summed E-state index contributed by atoms with van der Waals surface area (Å²) in [5.74, 6) is 2.98. The first-order valence-electron chi connectivity index (χ1n) is 11.6. The zero-order valence-electron chi connectivity index (χ0n) is 20.1. The Morgan fingerprint density at radius 3 is 2.26 bits per heavy atom. The molecule has 0 N–H and O–H groups in total. The number of hydrogen-bond acceptors (Lipinski definition) is 7. The van der Waals surface area contributed by atoms with Crippen LogP contribution in [0.15, 0.2) is 59.3 Å². The molecule has 5 rings (SSSR count). The highest BCUT2D eigenvalue weighted by Gasteiger charge is 2.27. The van der Waals surface area contributed by atoms with E-state index in [4.69, 9.17) is 18.9 Å². The highest BCUT2D eigenvalue weighted by molar-refractivity contribution is 6.06. The molecule has 1 aliphatic rings. The third kappa shape index (κ3) is 3.96. The van der Waals surface area contributed by atoms with Gasteiger partial charge in [0, 0.05) is 43.3 Å². The number of furan rings is 1. The Hall–Kier alpha value is -3.58. The second-order valence-electron chi connectivity index (χ2n) is 8.74. The Morgan fingerprint density at radius 1 is 0.853 bits per heavy atom. The molecule has 176 valence electrons. The van der Waals surface area contributed by atoms with Gasteiger partial charge in [-0.1, -0.05) is 30.3 Å². The molecule has 1 saturated heterocycles. The number of methoxy groups -OCH3 is 2. The van der Waals surface area contributed by atoms with Crippen molar-refractivity contribution >= 4 is 16.9 Å². The largest absolute Gasteiger partial charge is 0.493 e. The third-order valence-electron chi connectivity index (χ3n) is 6.52. The maximum atomic E-state index is 6.42. The first-order valence-corrected chi connectivity index (χ1v) is 11.6. The molecular weight excluding hydrogens is 428 g/mol. The van der Waals surface area contributed by atoms with Crippen LogP contribution in [0.4, 0.5) is 5.82 Å². The summed E-state index contributed by atoms with van der Waals surface area (Å²) in [6.45, 7) is 8.33. The van der Waals surface area contributed by atoms with Crippen molar-refractivity contribution < 1.29 is 13.9 Å². The van der Waals surface area contributed by atoms with Crippen LogP contribution >= 0.6 is 0 Å². The molecule has 7 heteroatoms. The minimum atomic E-state index is 0.540. The van der Waals surface area contributed by atoms with Gasteiger partial charge in [-0.25, -0.2) is 9.97 Å². The molecule has 34 heavy (non-hydrogen) atoms. The van der Waals surface area contributed by atoms with E-state index < -0.39 is 0 Å². The molecule has 0 amide bonds. The van der Waals surface area contributed by atoms with E-state index in [1.165, 1.54) is 0 Å². The second-order valence-corrected chi connectivity index (χ2v) is 8.74. The van der Waals surface area contributed by atoms with Crippen molar-refractivity contribution in [1.29, 1.82) is 0 Å². The van der Waals surface area contributed by atoms with Gasteiger partial charge < -0.3 is 18.8 Å². The Balaban J connectivity index is 1.69. The molecule has 7 nitrogen and oxygen atoms in total. The van der Waals surface area contributed by atoms with Crippen LogP contribution in [0.3, 0.4) is 0 Å². The molecule has 2 aromatic carbocycles. The van der Waals surface area contributed by atoms with E-state index in [0.717, 1.165) is 59.8 Å². The summed E-state index contributed by atoms with van der Waals surface area (Å²) in [6.07, 6.45) is 1.60. The van der Waals surface area contributed by atoms with Gasteiger partial charge in [0.25, 0.3) is 0 Å². The van der Waals surface area contributed by atoms with Gasteiger partial charge in [-0.3, -0.25) is 4.90 Å². The molecule has 0 atom stereocenters. The lowest BCUT2D eigenvalue weighted by atomic mass is 9.99. The lowest BCUT2D eigenvalue weighted by Crippen LogP contribution is -2.49. The van der Waals surface area contributed by atoms with Crippen LogP contribution in [-0.2, 0) is 0 Å². The van der Waals surface area contributed by atoms with Crippen molar-refractivity contribution in [3.63, 3.8) is 0 Å². The van der Waals surface area contributed by atoms with Crippen molar-refractivity contribution in [2.24, 2.45) is 0 Å². The van der Waals surface area contributed by atoms with Crippen LogP contribution in [0.25, 0.3) is 33.6 Å². The van der Waals surface area contributed by atoms with E-state index in [-0.39, 0.29) is 0 Å². The fourth-order valence-electron chi connectivity index (χ4n) is 4.67. The molecule has 0 bridgehead atoms. The molecule has 2 aromatic heterocycles. The number of benzene rings is 2. The number of fused-ring (bicyclic) bond motifs is 1. The maximum absolute atomic E-state index is 6.42. The van der Waals surface area contributed by atoms with Crippen molar-refractivity contribution in [3.8, 4) is 33.9 Å². The molecule has 4 aromatic rings. The molecule has 3 heterocycles. The van der Waals surface area contributed by atoms with Crippen LogP contribution in [0.2, 0.25) is 0 Å². The number of hydrogen-bond donors (Lipinski definition) is 0. The van der Waals surface area contributed by atoms with E-state index in [1.54, 1.807) is 20.5 Å². The molecule has 0 aliphatic carbocycles. The maximum Gasteiger partial charge on any atom is 0.232 e. The molecule has 0 saturated carbocycles. The molecule has 0 radical (unpaired) electrons. The highest BCUT2D eigenvalue weighted by atomic mass is 16.5. The fraction of sp³-hybridized carbons (Fsp3) is 0.333. The van der Waals surface area contributed by atoms with Gasteiger partial charge in [-0.2, -0.15) is 0 Å². The summed E-state index contributed by atoms with van der Waals surface area (Å²) < 4.78 is 17.4. The van der Waals surface area contributed by atoms with E-state index >= 15 is 0 Å². The average molecular weight is 459 g/mol. The van der Waals surface area contributed by atoms with E-state index in [0.29, 0.717) is 23.3 Å². The van der Waals surface area contributed by atoms with Crippen LogP contribution < -0.4 is 14.4 Å². The Kier molecular flexibility index (Phi) is 6.11. The molecule has 0 spiro atoms. The van der Waals surface area contributed by atoms with Crippen LogP contribution in [0, 0.1) is 0 Å². The standard InChI is InChI=1S/C27H30N4O3/c1-18(2)30-12-14-31(15-13-30)26-24-23(19-8-6-5-7-9-19)25(34-27(24)29-17-28-26)20-10-11-21(32-3)22(16-20)33-4/h5-11,16-18H,12-15H2,1-4H3. The molecule has 1 fully saturated rings. The summed E-state index contributed by atoms with van der Waals surface area (Å²) in [7, 11) is 3.27. The smallest absolute Gasteiger partial charge is 0.232 e. The van der Waals surface area contributed by atoms with Gasteiger partial charge in [-0.05, 0) is 37.6 Å². The minimum absolute atomic E-state index is 0.540. The van der Waals surface area contributed by atoms with Crippen molar-refractivity contribution in [2.45, 2.75) is 19.9 Å². The minimum Gasteiger partial charge on any atom is -0.493 e. The zero-order chi connectivity index (χ0) is 23.7. The number of aromatic nitrogens is 2. The van der Waals surface area contributed by atoms with E-state index in [2.05, 4.69) is 40.8 Å². The van der Waals surface area contributed by atoms with Crippen LogP contribution in [0.5, 0.6) is 11.5 Å². The predicted molar refractivity (Wildman–Crippen MR) is 135 cm³/mol. The summed E-state index contributed by atoms with van der Waals surface area (Å²) >= 11 is 0. The quantitative estimate of drug-likeness (QED) is 0.398. The summed E-state index contributed by atoms with van der Waals surface area (Å²) in [4.78, 5) is 14.1. The molecule has 1 aliphatic heterocycles. The predicted octanol–water partition coefficient (Wildman–Crippen LogP) is 5.10. The van der Waals surface area contributed by atoms with Gasteiger partial charge in [0.15, 0.2) is 11.5 Å². The lowest BCUT2D eigenvalue weighted by Gasteiger charge is -2.37. The molecular formula is C27H30N4O3. The third-order valence-corrected chi connectivity index (χ3v) is 6.52. The summed E-state index contributed by atoms with van der Waals surface area (Å²) in [5.41, 5.74) is 3.53. The first-order chi connectivity index (χ1) is 16.6. The fourth-order valence-corrected chi connectivity index (χ4v) is 4.67.